The van der Waals surface area contributed by atoms with Crippen molar-refractivity contribution >= 4 is 17.7 Å². The molecule has 0 aliphatic carbocycles. The Bertz CT molecular complexity index is 314. The van der Waals surface area contributed by atoms with Crippen LogP contribution in [0.4, 0.5) is 0 Å². The summed E-state index contributed by atoms with van der Waals surface area (Å²) in [6.45, 7) is 0.411. The number of carbonyl (C=O) groups excluding carboxylic acids is 3. The van der Waals surface area contributed by atoms with E-state index in [0.717, 1.165) is 4.90 Å². The SMILES string of the molecule is CN(C)C(=O)CCNC1CC(=O)N(C)C1=O. The van der Waals surface area contributed by atoms with E-state index >= 15 is 0 Å². The van der Waals surface area contributed by atoms with Gasteiger partial charge in [-0.3, -0.25) is 19.3 Å². The second-order valence-electron chi connectivity index (χ2n) is 4.04. The number of amides is 3. The standard InChI is InChI=1S/C10H17N3O3/c1-12(2)8(14)4-5-11-7-6-9(15)13(3)10(7)16/h7,11H,4-6H2,1-3H3. The number of rotatable bonds is 4. The number of hydrogen-bond acceptors (Lipinski definition) is 4. The molecule has 1 heterocycles. The van der Waals surface area contributed by atoms with Crippen molar-refractivity contribution in [2.45, 2.75) is 18.9 Å². The fraction of sp³-hybridized carbons (Fsp3) is 0.700. The molecule has 6 heteroatoms. The molecule has 1 unspecified atom stereocenters. The van der Waals surface area contributed by atoms with Gasteiger partial charge in [-0.05, 0) is 0 Å². The van der Waals surface area contributed by atoms with Crippen molar-refractivity contribution < 1.29 is 14.4 Å². The summed E-state index contributed by atoms with van der Waals surface area (Å²) >= 11 is 0. The summed E-state index contributed by atoms with van der Waals surface area (Å²) < 4.78 is 0. The molecule has 0 spiro atoms. The number of imide groups is 1. The van der Waals surface area contributed by atoms with Crippen LogP contribution in [0.1, 0.15) is 12.8 Å². The zero-order valence-corrected chi connectivity index (χ0v) is 9.82. The molecule has 6 nitrogen and oxygen atoms in total. The van der Waals surface area contributed by atoms with Crippen LogP contribution in [0.15, 0.2) is 0 Å². The van der Waals surface area contributed by atoms with E-state index in [4.69, 9.17) is 0 Å². The van der Waals surface area contributed by atoms with Crippen LogP contribution >= 0.6 is 0 Å². The number of nitrogens with zero attached hydrogens (tertiary/aromatic N) is 2. The smallest absolute Gasteiger partial charge is 0.246 e. The third-order valence-corrected chi connectivity index (χ3v) is 2.61. The Hall–Kier alpha value is -1.43. The molecule has 1 saturated heterocycles. The molecule has 3 amide bonds. The van der Waals surface area contributed by atoms with Crippen LogP contribution in [0.3, 0.4) is 0 Å². The first kappa shape index (κ1) is 12.6. The molecule has 1 atom stereocenters. The van der Waals surface area contributed by atoms with Crippen molar-refractivity contribution in [2.75, 3.05) is 27.7 Å². The molecule has 1 aliphatic rings. The van der Waals surface area contributed by atoms with Crippen molar-refractivity contribution in [1.82, 2.24) is 15.1 Å². The highest BCUT2D eigenvalue weighted by molar-refractivity contribution is 6.05. The predicted octanol–water partition coefficient (Wildman–Crippen LogP) is -1.19. The predicted molar refractivity (Wildman–Crippen MR) is 57.5 cm³/mol. The van der Waals surface area contributed by atoms with Gasteiger partial charge in [0.15, 0.2) is 0 Å². The number of likely N-dealkylation sites (N-methyl/N-ethyl adjacent to an activating group) is 1. The average Bonchev–Trinajstić information content (AvgIpc) is 2.46. The summed E-state index contributed by atoms with van der Waals surface area (Å²) in [5.74, 6) is -0.402. The Kier molecular flexibility index (Phi) is 4.00. The summed E-state index contributed by atoms with van der Waals surface area (Å²) in [6.07, 6.45) is 0.514. The van der Waals surface area contributed by atoms with Crippen molar-refractivity contribution in [1.29, 1.82) is 0 Å². The second-order valence-corrected chi connectivity index (χ2v) is 4.04. The maximum atomic E-state index is 11.5. The van der Waals surface area contributed by atoms with Gasteiger partial charge >= 0.3 is 0 Å². The number of likely N-dealkylation sites (tertiary alicyclic amines) is 1. The Morgan fingerprint density at radius 1 is 1.50 bits per heavy atom. The average molecular weight is 227 g/mol. The minimum atomic E-state index is -0.465. The molecule has 0 bridgehead atoms. The van der Waals surface area contributed by atoms with E-state index in [1.54, 1.807) is 14.1 Å². The van der Waals surface area contributed by atoms with E-state index in [1.165, 1.54) is 11.9 Å². The van der Waals surface area contributed by atoms with Crippen molar-refractivity contribution in [3.63, 3.8) is 0 Å². The summed E-state index contributed by atoms with van der Waals surface area (Å²) in [4.78, 5) is 36.5. The normalized spacial score (nSPS) is 20.4. The van der Waals surface area contributed by atoms with Gasteiger partial charge in [0.2, 0.25) is 17.7 Å². The maximum Gasteiger partial charge on any atom is 0.246 e. The highest BCUT2D eigenvalue weighted by Gasteiger charge is 2.35. The van der Waals surface area contributed by atoms with Gasteiger partial charge < -0.3 is 10.2 Å². The Morgan fingerprint density at radius 2 is 2.12 bits per heavy atom. The van der Waals surface area contributed by atoms with Crippen molar-refractivity contribution in [3.05, 3.63) is 0 Å². The van der Waals surface area contributed by atoms with Crippen LogP contribution in [-0.4, -0.2) is 61.3 Å². The van der Waals surface area contributed by atoms with E-state index in [9.17, 15) is 14.4 Å². The lowest BCUT2D eigenvalue weighted by atomic mass is 10.2. The van der Waals surface area contributed by atoms with Crippen molar-refractivity contribution in [2.24, 2.45) is 0 Å². The van der Waals surface area contributed by atoms with Gasteiger partial charge in [-0.25, -0.2) is 0 Å². The summed E-state index contributed by atoms with van der Waals surface area (Å²) in [6, 6.07) is -0.465. The van der Waals surface area contributed by atoms with Crippen molar-refractivity contribution in [3.8, 4) is 0 Å². The fourth-order valence-electron chi connectivity index (χ4n) is 1.49. The molecule has 0 aromatic rings. The topological polar surface area (TPSA) is 69.7 Å². The molecule has 0 aromatic heterocycles. The minimum Gasteiger partial charge on any atom is -0.349 e. The van der Waals surface area contributed by atoms with Gasteiger partial charge in [-0.2, -0.15) is 0 Å². The van der Waals surface area contributed by atoms with E-state index in [-0.39, 0.29) is 24.1 Å². The zero-order valence-electron chi connectivity index (χ0n) is 9.82. The number of carbonyl (C=O) groups is 3. The number of hydrogen-bond donors (Lipinski definition) is 1. The molecular weight excluding hydrogens is 210 g/mol. The lowest BCUT2D eigenvalue weighted by Crippen LogP contribution is -2.38. The van der Waals surface area contributed by atoms with E-state index in [0.29, 0.717) is 13.0 Å². The van der Waals surface area contributed by atoms with Gasteiger partial charge in [0.05, 0.1) is 12.5 Å². The molecule has 0 radical (unpaired) electrons. The van der Waals surface area contributed by atoms with Gasteiger partial charge in [0.1, 0.15) is 0 Å². The largest absolute Gasteiger partial charge is 0.349 e. The fourth-order valence-corrected chi connectivity index (χ4v) is 1.49. The molecule has 0 aromatic carbocycles. The third kappa shape index (κ3) is 2.79. The van der Waals surface area contributed by atoms with Gasteiger partial charge in [-0.15, -0.1) is 0 Å². The molecule has 1 aliphatic heterocycles. The molecule has 1 rings (SSSR count). The second kappa shape index (κ2) is 5.07. The maximum absolute atomic E-state index is 11.5. The molecular formula is C10H17N3O3. The van der Waals surface area contributed by atoms with Crippen LogP contribution in [0.25, 0.3) is 0 Å². The van der Waals surface area contributed by atoms with Gasteiger partial charge in [0, 0.05) is 34.1 Å². The lowest BCUT2D eigenvalue weighted by molar-refractivity contribution is -0.137. The van der Waals surface area contributed by atoms with Gasteiger partial charge in [-0.1, -0.05) is 0 Å². The molecule has 16 heavy (non-hydrogen) atoms. The quantitative estimate of drug-likeness (QED) is 0.613. The Balaban J connectivity index is 2.32. The van der Waals surface area contributed by atoms with Crippen LogP contribution < -0.4 is 5.32 Å². The van der Waals surface area contributed by atoms with E-state index in [1.807, 2.05) is 0 Å². The van der Waals surface area contributed by atoms with Gasteiger partial charge in [0.25, 0.3) is 0 Å². The zero-order chi connectivity index (χ0) is 12.3. The highest BCUT2D eigenvalue weighted by atomic mass is 16.2. The van der Waals surface area contributed by atoms with Crippen LogP contribution in [0.2, 0.25) is 0 Å². The van der Waals surface area contributed by atoms with Crippen LogP contribution in [0.5, 0.6) is 0 Å². The lowest BCUT2D eigenvalue weighted by Gasteiger charge is -2.13. The molecule has 1 N–H and O–H groups in total. The first-order chi connectivity index (χ1) is 7.43. The minimum absolute atomic E-state index is 0.00220. The summed E-state index contributed by atoms with van der Waals surface area (Å²) in [5.41, 5.74) is 0. The summed E-state index contributed by atoms with van der Waals surface area (Å²) in [7, 11) is 4.83. The molecule has 90 valence electrons. The van der Waals surface area contributed by atoms with E-state index < -0.39 is 6.04 Å². The summed E-state index contributed by atoms with van der Waals surface area (Å²) in [5, 5.41) is 2.92. The highest BCUT2D eigenvalue weighted by Crippen LogP contribution is 2.10. The monoisotopic (exact) mass is 227 g/mol. The molecule has 1 fully saturated rings. The Morgan fingerprint density at radius 3 is 2.56 bits per heavy atom. The van der Waals surface area contributed by atoms with Crippen LogP contribution in [0, 0.1) is 0 Å². The van der Waals surface area contributed by atoms with E-state index in [2.05, 4.69) is 5.32 Å². The Labute approximate surface area is 94.6 Å². The first-order valence-electron chi connectivity index (χ1n) is 5.17. The third-order valence-electron chi connectivity index (χ3n) is 2.61. The molecule has 0 saturated carbocycles. The number of nitrogens with one attached hydrogen (secondary N) is 1. The first-order valence-corrected chi connectivity index (χ1v) is 5.17. The van der Waals surface area contributed by atoms with Crippen LogP contribution in [-0.2, 0) is 14.4 Å².